The number of benzene rings is 1. The first-order valence-corrected chi connectivity index (χ1v) is 9.34. The Morgan fingerprint density at radius 3 is 2.62 bits per heavy atom. The summed E-state index contributed by atoms with van der Waals surface area (Å²) in [5.41, 5.74) is 1.63. The predicted molar refractivity (Wildman–Crippen MR) is 90.2 cm³/mol. The highest BCUT2D eigenvalue weighted by Gasteiger charge is 2.22. The van der Waals surface area contributed by atoms with E-state index in [0.29, 0.717) is 19.4 Å². The summed E-state index contributed by atoms with van der Waals surface area (Å²) in [5.74, 6) is 0.887. The lowest BCUT2D eigenvalue weighted by atomic mass is 10.3. The average molecular weight is 348 g/mol. The van der Waals surface area contributed by atoms with Gasteiger partial charge in [0, 0.05) is 43.5 Å². The number of hydrogen-bond acceptors (Lipinski definition) is 4. The van der Waals surface area contributed by atoms with Gasteiger partial charge in [0.05, 0.1) is 4.90 Å². The molecule has 24 heavy (non-hydrogen) atoms. The SMILES string of the molecule is Cc1ncc(CCNS(=O)(=O)c2ccc(N3CCCC3=O)cc2)[nH]1. The number of aromatic amines is 1. The molecule has 1 aromatic carbocycles. The molecular formula is C16H20N4O3S. The van der Waals surface area contributed by atoms with Crippen LogP contribution in [0.3, 0.4) is 0 Å². The molecule has 7 nitrogen and oxygen atoms in total. The van der Waals surface area contributed by atoms with E-state index in [9.17, 15) is 13.2 Å². The molecule has 0 saturated carbocycles. The van der Waals surface area contributed by atoms with Crippen molar-refractivity contribution in [1.29, 1.82) is 0 Å². The molecule has 0 atom stereocenters. The van der Waals surface area contributed by atoms with Gasteiger partial charge in [-0.1, -0.05) is 0 Å². The average Bonchev–Trinajstić information content (AvgIpc) is 3.16. The molecular weight excluding hydrogens is 328 g/mol. The van der Waals surface area contributed by atoms with Gasteiger partial charge in [-0.05, 0) is 37.6 Å². The fraction of sp³-hybridized carbons (Fsp3) is 0.375. The number of rotatable bonds is 6. The largest absolute Gasteiger partial charge is 0.346 e. The van der Waals surface area contributed by atoms with Crippen LogP contribution in [0.15, 0.2) is 35.4 Å². The van der Waals surface area contributed by atoms with Gasteiger partial charge in [0.25, 0.3) is 0 Å². The number of aryl methyl sites for hydroxylation is 1. The van der Waals surface area contributed by atoms with E-state index in [1.54, 1.807) is 23.2 Å². The maximum atomic E-state index is 12.3. The standard InChI is InChI=1S/C16H20N4O3S/c1-12-17-11-13(19-12)8-9-18-24(22,23)15-6-4-14(5-7-15)20-10-2-3-16(20)21/h4-7,11,18H,2-3,8-10H2,1H3,(H,17,19). The van der Waals surface area contributed by atoms with Crippen LogP contribution in [0.5, 0.6) is 0 Å². The molecule has 1 aromatic heterocycles. The van der Waals surface area contributed by atoms with E-state index in [2.05, 4.69) is 14.7 Å². The third-order valence-electron chi connectivity index (χ3n) is 3.97. The summed E-state index contributed by atoms with van der Waals surface area (Å²) in [6.07, 6.45) is 3.63. The molecule has 1 saturated heterocycles. The Kier molecular flexibility index (Phi) is 4.68. The Balaban J connectivity index is 1.62. The van der Waals surface area contributed by atoms with Crippen molar-refractivity contribution in [1.82, 2.24) is 14.7 Å². The third-order valence-corrected chi connectivity index (χ3v) is 5.45. The normalized spacial score (nSPS) is 15.2. The van der Waals surface area contributed by atoms with Gasteiger partial charge in [-0.15, -0.1) is 0 Å². The van der Waals surface area contributed by atoms with E-state index < -0.39 is 10.0 Å². The Bertz CT molecular complexity index is 827. The number of carbonyl (C=O) groups excluding carboxylic acids is 1. The van der Waals surface area contributed by atoms with Gasteiger partial charge in [-0.2, -0.15) is 0 Å². The molecule has 0 unspecified atom stereocenters. The summed E-state index contributed by atoms with van der Waals surface area (Å²) in [4.78, 5) is 20.7. The second kappa shape index (κ2) is 6.74. The Morgan fingerprint density at radius 1 is 1.29 bits per heavy atom. The van der Waals surface area contributed by atoms with Gasteiger partial charge in [0.15, 0.2) is 0 Å². The minimum absolute atomic E-state index is 0.0820. The van der Waals surface area contributed by atoms with Crippen molar-refractivity contribution in [3.05, 3.63) is 42.0 Å². The highest BCUT2D eigenvalue weighted by atomic mass is 32.2. The van der Waals surface area contributed by atoms with Crippen LogP contribution in [0, 0.1) is 6.92 Å². The third kappa shape index (κ3) is 3.65. The van der Waals surface area contributed by atoms with Crippen molar-refractivity contribution in [2.24, 2.45) is 0 Å². The molecule has 8 heteroatoms. The smallest absolute Gasteiger partial charge is 0.240 e. The minimum Gasteiger partial charge on any atom is -0.346 e. The molecule has 1 amide bonds. The first-order chi connectivity index (χ1) is 11.5. The lowest BCUT2D eigenvalue weighted by Crippen LogP contribution is -2.26. The van der Waals surface area contributed by atoms with Gasteiger partial charge < -0.3 is 9.88 Å². The number of carbonyl (C=O) groups is 1. The van der Waals surface area contributed by atoms with Crippen LogP contribution in [0.4, 0.5) is 5.69 Å². The number of H-pyrrole nitrogens is 1. The first-order valence-electron chi connectivity index (χ1n) is 7.86. The number of anilines is 1. The van der Waals surface area contributed by atoms with Crippen molar-refractivity contribution in [3.63, 3.8) is 0 Å². The van der Waals surface area contributed by atoms with Crippen LogP contribution >= 0.6 is 0 Å². The summed E-state index contributed by atoms with van der Waals surface area (Å²) >= 11 is 0. The molecule has 2 aromatic rings. The number of hydrogen-bond donors (Lipinski definition) is 2. The van der Waals surface area contributed by atoms with Crippen molar-refractivity contribution < 1.29 is 13.2 Å². The Hall–Kier alpha value is -2.19. The zero-order chi connectivity index (χ0) is 17.2. The van der Waals surface area contributed by atoms with E-state index in [-0.39, 0.29) is 17.3 Å². The molecule has 0 radical (unpaired) electrons. The molecule has 1 aliphatic heterocycles. The van der Waals surface area contributed by atoms with Gasteiger partial charge in [-0.25, -0.2) is 18.1 Å². The predicted octanol–water partition coefficient (Wildman–Crippen LogP) is 1.37. The van der Waals surface area contributed by atoms with Crippen molar-refractivity contribution >= 4 is 21.6 Å². The lowest BCUT2D eigenvalue weighted by molar-refractivity contribution is -0.117. The first kappa shape index (κ1) is 16.7. The van der Waals surface area contributed by atoms with Crippen LogP contribution in [-0.2, 0) is 21.2 Å². The highest BCUT2D eigenvalue weighted by molar-refractivity contribution is 7.89. The summed E-state index contributed by atoms with van der Waals surface area (Å²) in [5, 5.41) is 0. The maximum Gasteiger partial charge on any atom is 0.240 e. The van der Waals surface area contributed by atoms with Gasteiger partial charge >= 0.3 is 0 Å². The summed E-state index contributed by atoms with van der Waals surface area (Å²) in [6.45, 7) is 2.82. The highest BCUT2D eigenvalue weighted by Crippen LogP contribution is 2.22. The second-order valence-corrected chi connectivity index (χ2v) is 7.55. The fourth-order valence-electron chi connectivity index (χ4n) is 2.73. The van der Waals surface area contributed by atoms with Crippen LogP contribution < -0.4 is 9.62 Å². The number of aromatic nitrogens is 2. The number of imidazole rings is 1. The maximum absolute atomic E-state index is 12.3. The molecule has 2 N–H and O–H groups in total. The molecule has 3 rings (SSSR count). The van der Waals surface area contributed by atoms with E-state index in [1.807, 2.05) is 6.92 Å². The zero-order valence-electron chi connectivity index (χ0n) is 13.4. The van der Waals surface area contributed by atoms with E-state index >= 15 is 0 Å². The molecule has 2 heterocycles. The summed E-state index contributed by atoms with van der Waals surface area (Å²) in [7, 11) is -3.57. The minimum atomic E-state index is -3.57. The lowest BCUT2D eigenvalue weighted by Gasteiger charge is -2.16. The van der Waals surface area contributed by atoms with Gasteiger partial charge in [-0.3, -0.25) is 4.79 Å². The Morgan fingerprint density at radius 2 is 2.04 bits per heavy atom. The zero-order valence-corrected chi connectivity index (χ0v) is 14.3. The molecule has 1 aliphatic rings. The van der Waals surface area contributed by atoms with Gasteiger partial charge in [0.1, 0.15) is 5.82 Å². The molecule has 0 bridgehead atoms. The van der Waals surface area contributed by atoms with E-state index in [0.717, 1.165) is 23.6 Å². The number of nitrogens with one attached hydrogen (secondary N) is 2. The molecule has 128 valence electrons. The van der Waals surface area contributed by atoms with Crippen LogP contribution in [0.1, 0.15) is 24.4 Å². The molecule has 0 spiro atoms. The summed E-state index contributed by atoms with van der Waals surface area (Å²) in [6, 6.07) is 6.42. The second-order valence-electron chi connectivity index (χ2n) is 5.78. The number of amides is 1. The van der Waals surface area contributed by atoms with Crippen LogP contribution in [0.2, 0.25) is 0 Å². The van der Waals surface area contributed by atoms with E-state index in [1.165, 1.54) is 12.1 Å². The van der Waals surface area contributed by atoms with Crippen LogP contribution in [0.25, 0.3) is 0 Å². The van der Waals surface area contributed by atoms with Crippen molar-refractivity contribution in [2.45, 2.75) is 31.1 Å². The summed E-state index contributed by atoms with van der Waals surface area (Å²) < 4.78 is 27.2. The molecule has 0 aliphatic carbocycles. The molecule has 1 fully saturated rings. The van der Waals surface area contributed by atoms with Crippen LogP contribution in [-0.4, -0.2) is 37.4 Å². The number of sulfonamides is 1. The fourth-order valence-corrected chi connectivity index (χ4v) is 3.76. The quantitative estimate of drug-likeness (QED) is 0.824. The number of nitrogens with zero attached hydrogens (tertiary/aromatic N) is 2. The Labute approximate surface area is 141 Å². The van der Waals surface area contributed by atoms with Crippen molar-refractivity contribution in [3.8, 4) is 0 Å². The van der Waals surface area contributed by atoms with Crippen molar-refractivity contribution in [2.75, 3.05) is 18.0 Å². The van der Waals surface area contributed by atoms with E-state index in [4.69, 9.17) is 0 Å². The van der Waals surface area contributed by atoms with Gasteiger partial charge in [0.2, 0.25) is 15.9 Å². The topological polar surface area (TPSA) is 95.2 Å². The monoisotopic (exact) mass is 348 g/mol.